The molecule has 0 fully saturated rings. The molecule has 1 atom stereocenters. The second-order valence-corrected chi connectivity index (χ2v) is 4.56. The van der Waals surface area contributed by atoms with Crippen LogP contribution >= 0.6 is 0 Å². The Bertz CT molecular complexity index is 500. The number of amides is 1. The zero-order valence-electron chi connectivity index (χ0n) is 10.9. The van der Waals surface area contributed by atoms with Gasteiger partial charge in [-0.3, -0.25) is 4.79 Å². The normalized spacial score (nSPS) is 13.1. The average Bonchev–Trinajstić information content (AvgIpc) is 2.35. The van der Waals surface area contributed by atoms with Gasteiger partial charge in [0.25, 0.3) is 0 Å². The van der Waals surface area contributed by atoms with E-state index < -0.39 is 41.1 Å². The fraction of sp³-hybridized carbons (Fsp3) is 0.385. The van der Waals surface area contributed by atoms with Crippen molar-refractivity contribution in [3.63, 3.8) is 0 Å². The number of carbonyl (C=O) groups excluding carboxylic acids is 1. The summed E-state index contributed by atoms with van der Waals surface area (Å²) in [5.74, 6) is -7.89. The summed E-state index contributed by atoms with van der Waals surface area (Å²) in [6, 6.07) is 0.751. The van der Waals surface area contributed by atoms with E-state index in [1.54, 1.807) is 5.32 Å². The van der Waals surface area contributed by atoms with Gasteiger partial charge in [-0.15, -0.1) is 0 Å². The standard InChI is InChI=1S/C13H14F3NO3/c1-7(2)11(18)17-10(12(19)20)13(15,16)8-3-5-9(14)6-4-8/h3-7,10H,1-2H3,(H,17,18)(H,19,20). The van der Waals surface area contributed by atoms with Gasteiger partial charge in [-0.05, 0) is 12.1 Å². The molecular weight excluding hydrogens is 275 g/mol. The first kappa shape index (κ1) is 16.0. The molecule has 0 aliphatic carbocycles. The number of carboxylic acid groups (broad SMARTS) is 1. The molecule has 0 aromatic heterocycles. The summed E-state index contributed by atoms with van der Waals surface area (Å²) in [5, 5.41) is 10.7. The Morgan fingerprint density at radius 1 is 1.20 bits per heavy atom. The highest BCUT2D eigenvalue weighted by Crippen LogP contribution is 2.32. The SMILES string of the molecule is CC(C)C(=O)NC(C(=O)O)C(F)(F)c1ccc(F)cc1. The van der Waals surface area contributed by atoms with Crippen molar-refractivity contribution in [1.82, 2.24) is 5.32 Å². The van der Waals surface area contributed by atoms with Gasteiger partial charge in [0.05, 0.1) is 0 Å². The zero-order chi connectivity index (χ0) is 15.5. The Morgan fingerprint density at radius 3 is 2.10 bits per heavy atom. The van der Waals surface area contributed by atoms with Crippen LogP contribution in [0.5, 0.6) is 0 Å². The summed E-state index contributed by atoms with van der Waals surface area (Å²) < 4.78 is 40.9. The van der Waals surface area contributed by atoms with Gasteiger partial charge in [0.2, 0.25) is 5.91 Å². The lowest BCUT2D eigenvalue weighted by molar-refractivity contribution is -0.155. The molecule has 110 valence electrons. The van der Waals surface area contributed by atoms with E-state index in [2.05, 4.69) is 0 Å². The van der Waals surface area contributed by atoms with Crippen molar-refractivity contribution in [1.29, 1.82) is 0 Å². The highest BCUT2D eigenvalue weighted by Gasteiger charge is 2.47. The van der Waals surface area contributed by atoms with Crippen LogP contribution < -0.4 is 5.32 Å². The van der Waals surface area contributed by atoms with Gasteiger partial charge in [0, 0.05) is 11.5 Å². The second kappa shape index (κ2) is 5.94. The summed E-state index contributed by atoms with van der Waals surface area (Å²) in [6.45, 7) is 2.90. The molecule has 1 aromatic carbocycles. The number of hydrogen-bond acceptors (Lipinski definition) is 2. The number of carbonyl (C=O) groups is 2. The maximum atomic E-state index is 14.1. The quantitative estimate of drug-likeness (QED) is 0.872. The highest BCUT2D eigenvalue weighted by molar-refractivity contribution is 5.85. The molecule has 1 amide bonds. The van der Waals surface area contributed by atoms with E-state index >= 15 is 0 Å². The lowest BCUT2D eigenvalue weighted by Gasteiger charge is -2.25. The minimum atomic E-state index is -3.86. The second-order valence-electron chi connectivity index (χ2n) is 4.56. The van der Waals surface area contributed by atoms with Crippen LogP contribution in [0.1, 0.15) is 19.4 Å². The van der Waals surface area contributed by atoms with Crippen molar-refractivity contribution in [2.75, 3.05) is 0 Å². The number of halogens is 3. The van der Waals surface area contributed by atoms with E-state index in [4.69, 9.17) is 5.11 Å². The maximum Gasteiger partial charge on any atom is 0.332 e. The molecule has 0 saturated carbocycles. The van der Waals surface area contributed by atoms with E-state index in [-0.39, 0.29) is 0 Å². The monoisotopic (exact) mass is 289 g/mol. The smallest absolute Gasteiger partial charge is 0.332 e. The molecule has 0 spiro atoms. The molecule has 20 heavy (non-hydrogen) atoms. The van der Waals surface area contributed by atoms with Crippen molar-refractivity contribution in [2.45, 2.75) is 25.8 Å². The van der Waals surface area contributed by atoms with Crippen molar-refractivity contribution in [3.05, 3.63) is 35.6 Å². The Balaban J connectivity index is 3.08. The molecular formula is C13H14F3NO3. The van der Waals surface area contributed by atoms with E-state index in [0.717, 1.165) is 24.3 Å². The summed E-state index contributed by atoms with van der Waals surface area (Å²) >= 11 is 0. The van der Waals surface area contributed by atoms with Crippen LogP contribution in [-0.4, -0.2) is 23.0 Å². The van der Waals surface area contributed by atoms with Crippen molar-refractivity contribution >= 4 is 11.9 Å². The summed E-state index contributed by atoms with van der Waals surface area (Å²) in [6.07, 6.45) is 0. The molecule has 0 radical (unpaired) electrons. The van der Waals surface area contributed by atoms with Crippen LogP contribution in [0, 0.1) is 11.7 Å². The highest BCUT2D eigenvalue weighted by atomic mass is 19.3. The number of carboxylic acids is 1. The van der Waals surface area contributed by atoms with Crippen LogP contribution in [-0.2, 0) is 15.5 Å². The van der Waals surface area contributed by atoms with Crippen LogP contribution in [0.25, 0.3) is 0 Å². The number of nitrogens with one attached hydrogen (secondary N) is 1. The number of hydrogen-bond donors (Lipinski definition) is 2. The van der Waals surface area contributed by atoms with Gasteiger partial charge in [0.1, 0.15) is 5.82 Å². The van der Waals surface area contributed by atoms with Crippen molar-refractivity contribution in [2.24, 2.45) is 5.92 Å². The largest absolute Gasteiger partial charge is 0.480 e. The fourth-order valence-electron chi connectivity index (χ4n) is 1.46. The first-order chi connectivity index (χ1) is 9.16. The summed E-state index contributed by atoms with van der Waals surface area (Å²) in [5.41, 5.74) is -0.685. The lowest BCUT2D eigenvalue weighted by Crippen LogP contribution is -2.52. The number of benzene rings is 1. The zero-order valence-corrected chi connectivity index (χ0v) is 10.9. The summed E-state index contributed by atoms with van der Waals surface area (Å²) in [7, 11) is 0. The molecule has 1 aromatic rings. The van der Waals surface area contributed by atoms with Crippen LogP contribution in [0.2, 0.25) is 0 Å². The lowest BCUT2D eigenvalue weighted by atomic mass is 10.00. The van der Waals surface area contributed by atoms with Gasteiger partial charge in [-0.1, -0.05) is 26.0 Å². The van der Waals surface area contributed by atoms with Crippen LogP contribution in [0.4, 0.5) is 13.2 Å². The third kappa shape index (κ3) is 3.49. The maximum absolute atomic E-state index is 14.1. The molecule has 0 heterocycles. The molecule has 0 saturated heterocycles. The fourth-order valence-corrected chi connectivity index (χ4v) is 1.46. The minimum absolute atomic E-state index is 0.638. The van der Waals surface area contributed by atoms with Crippen LogP contribution in [0.3, 0.4) is 0 Å². The van der Waals surface area contributed by atoms with E-state index in [1.807, 2.05) is 0 Å². The summed E-state index contributed by atoms with van der Waals surface area (Å²) in [4.78, 5) is 22.4. The van der Waals surface area contributed by atoms with E-state index in [9.17, 15) is 22.8 Å². The van der Waals surface area contributed by atoms with Crippen LogP contribution in [0.15, 0.2) is 24.3 Å². The van der Waals surface area contributed by atoms with Gasteiger partial charge in [0.15, 0.2) is 6.04 Å². The first-order valence-electron chi connectivity index (χ1n) is 5.83. The molecule has 2 N–H and O–H groups in total. The molecule has 4 nitrogen and oxygen atoms in total. The third-order valence-corrected chi connectivity index (χ3v) is 2.65. The van der Waals surface area contributed by atoms with Gasteiger partial charge < -0.3 is 10.4 Å². The molecule has 1 rings (SSSR count). The Hall–Kier alpha value is -2.05. The average molecular weight is 289 g/mol. The van der Waals surface area contributed by atoms with E-state index in [0.29, 0.717) is 0 Å². The van der Waals surface area contributed by atoms with Crippen molar-refractivity contribution < 1.29 is 27.9 Å². The van der Waals surface area contributed by atoms with Gasteiger partial charge in [-0.25, -0.2) is 9.18 Å². The topological polar surface area (TPSA) is 66.4 Å². The predicted molar refractivity (Wildman–Crippen MR) is 64.7 cm³/mol. The number of alkyl halides is 2. The molecule has 0 aliphatic rings. The number of rotatable bonds is 5. The number of aliphatic carboxylic acids is 1. The predicted octanol–water partition coefficient (Wildman–Crippen LogP) is 2.14. The molecule has 0 bridgehead atoms. The molecule has 7 heteroatoms. The first-order valence-corrected chi connectivity index (χ1v) is 5.83. The Morgan fingerprint density at radius 2 is 1.70 bits per heavy atom. The van der Waals surface area contributed by atoms with Gasteiger partial charge >= 0.3 is 11.9 Å². The third-order valence-electron chi connectivity index (χ3n) is 2.65. The van der Waals surface area contributed by atoms with E-state index in [1.165, 1.54) is 13.8 Å². The Kier molecular flexibility index (Phi) is 4.75. The molecule has 1 unspecified atom stereocenters. The van der Waals surface area contributed by atoms with Gasteiger partial charge in [-0.2, -0.15) is 8.78 Å². The molecule has 0 aliphatic heterocycles. The van der Waals surface area contributed by atoms with Crippen molar-refractivity contribution in [3.8, 4) is 0 Å². The minimum Gasteiger partial charge on any atom is -0.480 e. The Labute approximate surface area is 113 Å².